The second kappa shape index (κ2) is 9.87. The highest BCUT2D eigenvalue weighted by molar-refractivity contribution is 4.76. The Morgan fingerprint density at radius 3 is 0.794 bits per heavy atom. The highest BCUT2D eigenvalue weighted by atomic mass is 19.4. The van der Waals surface area contributed by atoms with Gasteiger partial charge in [-0.1, -0.05) is 0 Å². The maximum Gasteiger partial charge on any atom is 0.490 e. The van der Waals surface area contributed by atoms with Crippen LogP contribution in [0, 0.1) is 0 Å². The zero-order chi connectivity index (χ0) is 27.8. The number of hydroxylamine groups is 6. The second-order valence-corrected chi connectivity index (χ2v) is 5.78. The summed E-state index contributed by atoms with van der Waals surface area (Å²) in [5.74, 6) is 0. The van der Waals surface area contributed by atoms with E-state index in [1.165, 1.54) is 0 Å². The van der Waals surface area contributed by atoms with Crippen molar-refractivity contribution in [3.63, 3.8) is 0 Å². The summed E-state index contributed by atoms with van der Waals surface area (Å²) in [6.45, 7) is -6.02. The molecule has 0 rings (SSSR count). The number of alkyl halides is 18. The summed E-state index contributed by atoms with van der Waals surface area (Å²) in [5.41, 5.74) is -4.17. The SMILES string of the molecule is CC(CON(C(F)(F)F)C(F)(F)F)(CON(C(F)(F)F)C(F)(F)F)ON(C(F)(F)F)C(F)(F)F. The molecule has 0 saturated carbocycles. The molecule has 0 bridgehead atoms. The smallest absolute Gasteiger partial charge is 0.281 e. The fourth-order valence-corrected chi connectivity index (χ4v) is 1.54. The fourth-order valence-electron chi connectivity index (χ4n) is 1.54. The van der Waals surface area contributed by atoms with E-state index < -0.39 is 71.8 Å². The summed E-state index contributed by atoms with van der Waals surface area (Å²) < 4.78 is 224. The first-order chi connectivity index (χ1) is 14.5. The van der Waals surface area contributed by atoms with Gasteiger partial charge in [-0.3, -0.25) is 14.5 Å². The van der Waals surface area contributed by atoms with Crippen molar-refractivity contribution >= 4 is 0 Å². The minimum atomic E-state index is -6.72. The molecule has 0 fully saturated rings. The third kappa shape index (κ3) is 10.0. The Morgan fingerprint density at radius 2 is 0.618 bits per heavy atom. The average molecular weight is 559 g/mol. The molecule has 0 atom stereocenters. The lowest BCUT2D eigenvalue weighted by Gasteiger charge is -2.38. The number of hydrogen-bond acceptors (Lipinski definition) is 6. The average Bonchev–Trinajstić information content (AvgIpc) is 2.45. The van der Waals surface area contributed by atoms with Gasteiger partial charge in [-0.05, 0) is 6.92 Å². The summed E-state index contributed by atoms with van der Waals surface area (Å²) in [7, 11) is 0. The summed E-state index contributed by atoms with van der Waals surface area (Å²) in [6.07, 6.45) is -39.8. The van der Waals surface area contributed by atoms with Crippen LogP contribution in [0.2, 0.25) is 0 Å². The third-order valence-electron chi connectivity index (χ3n) is 2.69. The van der Waals surface area contributed by atoms with Gasteiger partial charge in [-0.15, -0.1) is 0 Å². The van der Waals surface area contributed by atoms with Crippen LogP contribution in [0.25, 0.3) is 0 Å². The van der Waals surface area contributed by atoms with Crippen LogP contribution >= 0.6 is 0 Å². The van der Waals surface area contributed by atoms with Gasteiger partial charge in [0.2, 0.25) is 0 Å². The Morgan fingerprint density at radius 1 is 0.412 bits per heavy atom. The van der Waals surface area contributed by atoms with Gasteiger partial charge >= 0.3 is 37.8 Å². The zero-order valence-corrected chi connectivity index (χ0v) is 15.3. The minimum absolute atomic E-state index is 0.382. The summed E-state index contributed by atoms with van der Waals surface area (Å²) in [6, 6.07) is 0. The molecule has 0 aromatic carbocycles. The van der Waals surface area contributed by atoms with Crippen LogP contribution in [0.3, 0.4) is 0 Å². The van der Waals surface area contributed by atoms with E-state index in [0.29, 0.717) is 0 Å². The molecule has 6 nitrogen and oxygen atoms in total. The van der Waals surface area contributed by atoms with Gasteiger partial charge < -0.3 is 0 Å². The van der Waals surface area contributed by atoms with E-state index in [9.17, 15) is 79.0 Å². The molecule has 0 spiro atoms. The monoisotopic (exact) mass is 559 g/mol. The molecule has 0 aromatic rings. The van der Waals surface area contributed by atoms with Crippen molar-refractivity contribution in [3.05, 3.63) is 0 Å². The van der Waals surface area contributed by atoms with Crippen LogP contribution in [0.15, 0.2) is 0 Å². The molecular weight excluding hydrogens is 552 g/mol. The van der Waals surface area contributed by atoms with E-state index >= 15 is 0 Å². The van der Waals surface area contributed by atoms with E-state index in [1.54, 1.807) is 0 Å². The van der Waals surface area contributed by atoms with Gasteiger partial charge in [0.15, 0.2) is 0 Å². The molecule has 0 aliphatic rings. The lowest BCUT2D eigenvalue weighted by atomic mass is 10.1. The van der Waals surface area contributed by atoms with Gasteiger partial charge in [0.25, 0.3) is 0 Å². The Balaban J connectivity index is 6.24. The number of nitrogens with zero attached hydrogens (tertiary/aromatic N) is 3. The Labute approximate surface area is 173 Å². The molecule has 0 aromatic heterocycles. The molecule has 0 amide bonds. The maximum absolute atomic E-state index is 12.6. The van der Waals surface area contributed by atoms with Crippen LogP contribution in [-0.4, -0.2) is 71.8 Å². The van der Waals surface area contributed by atoms with Crippen molar-refractivity contribution in [2.75, 3.05) is 13.2 Å². The highest BCUT2D eigenvalue weighted by Crippen LogP contribution is 2.39. The van der Waals surface area contributed by atoms with Crippen molar-refractivity contribution in [2.45, 2.75) is 50.3 Å². The molecule has 206 valence electrons. The van der Waals surface area contributed by atoms with Crippen LogP contribution in [0.1, 0.15) is 6.92 Å². The van der Waals surface area contributed by atoms with Crippen LogP contribution < -0.4 is 0 Å². The lowest BCUT2D eigenvalue weighted by molar-refractivity contribution is -0.531. The Kier molecular flexibility index (Phi) is 9.43. The largest absolute Gasteiger partial charge is 0.490 e. The summed E-state index contributed by atoms with van der Waals surface area (Å²) >= 11 is 0. The predicted molar refractivity (Wildman–Crippen MR) is 63.2 cm³/mol. The van der Waals surface area contributed by atoms with Crippen molar-refractivity contribution in [3.8, 4) is 0 Å². The molecule has 0 N–H and O–H groups in total. The molecule has 0 unspecified atom stereocenters. The van der Waals surface area contributed by atoms with E-state index in [0.717, 1.165) is 0 Å². The standard InChI is InChI=1S/C10H7F18N3O3/c1-4(34-31(9(23,24)25)10(26,27)28,2-32-29(5(11,12)13)6(14,15)16)3-33-30(7(17,18)19)8(20,21)22/h2-3H2,1H3. The summed E-state index contributed by atoms with van der Waals surface area (Å²) in [4.78, 5) is 9.13. The molecule has 34 heavy (non-hydrogen) atoms. The molecule has 0 aliphatic heterocycles. The molecule has 0 heterocycles. The maximum atomic E-state index is 12.6. The van der Waals surface area contributed by atoms with Gasteiger partial charge in [0.05, 0.1) is 0 Å². The first-order valence-corrected chi connectivity index (χ1v) is 7.28. The highest BCUT2D eigenvalue weighted by Gasteiger charge is 2.61. The fraction of sp³-hybridized carbons (Fsp3) is 1.00. The van der Waals surface area contributed by atoms with Crippen molar-refractivity contribution in [1.82, 2.24) is 15.2 Å². The van der Waals surface area contributed by atoms with Crippen LogP contribution in [0.4, 0.5) is 79.0 Å². The van der Waals surface area contributed by atoms with Crippen molar-refractivity contribution in [2.24, 2.45) is 0 Å². The second-order valence-electron chi connectivity index (χ2n) is 5.78. The normalized spacial score (nSPS) is 15.7. The minimum Gasteiger partial charge on any atom is -0.281 e. The molecule has 0 saturated heterocycles. The van der Waals surface area contributed by atoms with Gasteiger partial charge in [-0.25, -0.2) is 0 Å². The van der Waals surface area contributed by atoms with Gasteiger partial charge in [0.1, 0.15) is 18.8 Å². The first kappa shape index (κ1) is 32.5. The Bertz CT molecular complexity index is 569. The quantitative estimate of drug-likeness (QED) is 0.220. The lowest BCUT2D eigenvalue weighted by Crippen LogP contribution is -2.58. The van der Waals surface area contributed by atoms with Crippen molar-refractivity contribution < 1.29 is 93.5 Å². The van der Waals surface area contributed by atoms with E-state index in [2.05, 4.69) is 14.5 Å². The third-order valence-corrected chi connectivity index (χ3v) is 2.69. The first-order valence-electron chi connectivity index (χ1n) is 7.28. The van der Waals surface area contributed by atoms with E-state index in [1.807, 2.05) is 0 Å². The van der Waals surface area contributed by atoms with Gasteiger partial charge in [-0.2, -0.15) is 79.0 Å². The van der Waals surface area contributed by atoms with Crippen molar-refractivity contribution in [1.29, 1.82) is 0 Å². The van der Waals surface area contributed by atoms with Gasteiger partial charge in [0, 0.05) is 15.2 Å². The number of halogens is 18. The number of hydrogen-bond donors (Lipinski definition) is 0. The molecular formula is C10H7F18N3O3. The predicted octanol–water partition coefficient (Wildman–Crippen LogP) is 5.56. The molecule has 24 heteroatoms. The van der Waals surface area contributed by atoms with E-state index in [4.69, 9.17) is 0 Å². The molecule has 0 aliphatic carbocycles. The Hall–Kier alpha value is -1.50. The topological polar surface area (TPSA) is 37.4 Å². The zero-order valence-electron chi connectivity index (χ0n) is 15.3. The van der Waals surface area contributed by atoms with Crippen LogP contribution in [-0.2, 0) is 14.5 Å². The van der Waals surface area contributed by atoms with E-state index in [-0.39, 0.29) is 6.92 Å². The molecule has 0 radical (unpaired) electrons. The summed E-state index contributed by atoms with van der Waals surface area (Å²) in [5, 5.41) is -8.90. The number of rotatable bonds is 8. The van der Waals surface area contributed by atoms with Crippen LogP contribution in [0.5, 0.6) is 0 Å².